The minimum absolute atomic E-state index is 0.184. The maximum absolute atomic E-state index is 12.9. The maximum atomic E-state index is 12.9. The van der Waals surface area contributed by atoms with Crippen LogP contribution in [-0.2, 0) is 6.18 Å². The first-order chi connectivity index (χ1) is 11.1. The van der Waals surface area contributed by atoms with E-state index in [2.05, 4.69) is 0 Å². The van der Waals surface area contributed by atoms with Crippen LogP contribution in [0.5, 0.6) is 0 Å². The highest BCUT2D eigenvalue weighted by Crippen LogP contribution is 2.32. The normalized spacial score (nSPS) is 13.2. The van der Waals surface area contributed by atoms with Crippen molar-refractivity contribution >= 4 is 17.5 Å². The summed E-state index contributed by atoms with van der Waals surface area (Å²) in [6.07, 6.45) is -8.52. The van der Waals surface area contributed by atoms with Gasteiger partial charge >= 0.3 is 12.4 Å². The van der Waals surface area contributed by atoms with Gasteiger partial charge in [0.05, 0.1) is 5.56 Å². The molecule has 0 aliphatic carbocycles. The average molecular weight is 370 g/mol. The number of halogens is 6. The second-order valence-electron chi connectivity index (χ2n) is 5.04. The maximum Gasteiger partial charge on any atom is 0.416 e. The van der Waals surface area contributed by atoms with E-state index in [4.69, 9.17) is 0 Å². The van der Waals surface area contributed by atoms with Crippen molar-refractivity contribution < 1.29 is 31.1 Å². The molecule has 1 nitrogen and oxygen atoms in total. The molecule has 0 radical (unpaired) electrons. The molecule has 1 aromatic rings. The standard InChI is InChI=1S/C16H16F6OS/c1-2-3-8-24-10-13(16(20,21)22)9-14(23)11-4-6-12(7-5-11)15(17,18)19/h4-7,10H,2-3,8-9H2,1H3. The minimum atomic E-state index is -4.65. The molecule has 0 N–H and O–H groups in total. The third-order valence-corrected chi connectivity index (χ3v) is 4.07. The van der Waals surface area contributed by atoms with Crippen LogP contribution in [0.3, 0.4) is 0 Å². The summed E-state index contributed by atoms with van der Waals surface area (Å²) in [7, 11) is 0. The zero-order valence-corrected chi connectivity index (χ0v) is 13.6. The molecule has 0 heterocycles. The van der Waals surface area contributed by atoms with Crippen LogP contribution in [0.2, 0.25) is 0 Å². The number of hydrogen-bond acceptors (Lipinski definition) is 2. The third kappa shape index (κ3) is 6.59. The van der Waals surface area contributed by atoms with E-state index in [0.29, 0.717) is 17.9 Å². The topological polar surface area (TPSA) is 17.1 Å². The van der Waals surface area contributed by atoms with Crippen molar-refractivity contribution in [2.24, 2.45) is 0 Å². The SMILES string of the molecule is CCCCSC=C(CC(=O)c1ccc(C(F)(F)F)cc1)C(F)(F)F. The molecule has 0 aliphatic heterocycles. The predicted molar refractivity (Wildman–Crippen MR) is 81.9 cm³/mol. The van der Waals surface area contributed by atoms with Gasteiger partial charge in [-0.3, -0.25) is 4.79 Å². The van der Waals surface area contributed by atoms with Gasteiger partial charge in [-0.1, -0.05) is 25.5 Å². The van der Waals surface area contributed by atoms with Gasteiger partial charge in [0, 0.05) is 17.6 Å². The van der Waals surface area contributed by atoms with Gasteiger partial charge in [0.2, 0.25) is 0 Å². The van der Waals surface area contributed by atoms with Crippen molar-refractivity contribution in [3.05, 3.63) is 46.4 Å². The number of thioether (sulfide) groups is 1. The summed E-state index contributed by atoms with van der Waals surface area (Å²) in [5.41, 5.74) is -2.13. The Bertz CT molecular complexity index is 572. The largest absolute Gasteiger partial charge is 0.416 e. The summed E-state index contributed by atoms with van der Waals surface area (Å²) in [5, 5.41) is 0.914. The number of alkyl halides is 6. The Morgan fingerprint density at radius 2 is 1.67 bits per heavy atom. The van der Waals surface area contributed by atoms with Crippen LogP contribution in [0.15, 0.2) is 35.2 Å². The molecule has 134 valence electrons. The predicted octanol–water partition coefficient (Wildman–Crippen LogP) is 6.26. The Labute approximate surface area is 140 Å². The van der Waals surface area contributed by atoms with Gasteiger partial charge in [-0.05, 0) is 29.7 Å². The zero-order chi connectivity index (χ0) is 18.4. The Morgan fingerprint density at radius 1 is 1.08 bits per heavy atom. The van der Waals surface area contributed by atoms with Gasteiger partial charge < -0.3 is 0 Å². The van der Waals surface area contributed by atoms with E-state index in [0.717, 1.165) is 42.1 Å². The van der Waals surface area contributed by atoms with Crippen molar-refractivity contribution in [3.63, 3.8) is 0 Å². The highest BCUT2D eigenvalue weighted by Gasteiger charge is 2.35. The van der Waals surface area contributed by atoms with E-state index in [9.17, 15) is 31.1 Å². The molecule has 0 spiro atoms. The molecular formula is C16H16F6OS. The highest BCUT2D eigenvalue weighted by atomic mass is 32.2. The van der Waals surface area contributed by atoms with Crippen molar-refractivity contribution in [1.82, 2.24) is 0 Å². The van der Waals surface area contributed by atoms with Crippen molar-refractivity contribution in [1.29, 1.82) is 0 Å². The number of unbranched alkanes of at least 4 members (excludes halogenated alkanes) is 1. The smallest absolute Gasteiger partial charge is 0.294 e. The lowest BCUT2D eigenvalue weighted by atomic mass is 10.0. The Morgan fingerprint density at radius 3 is 2.12 bits per heavy atom. The van der Waals surface area contributed by atoms with Gasteiger partial charge in [-0.25, -0.2) is 0 Å². The fraction of sp³-hybridized carbons (Fsp3) is 0.438. The van der Waals surface area contributed by atoms with E-state index < -0.39 is 35.7 Å². The number of allylic oxidation sites excluding steroid dienone is 1. The first kappa shape index (κ1) is 20.6. The number of Topliss-reactive ketones (excluding diaryl/α,β-unsaturated/α-hetero) is 1. The number of carbonyl (C=O) groups excluding carboxylic acids is 1. The van der Waals surface area contributed by atoms with Crippen molar-refractivity contribution in [2.75, 3.05) is 5.75 Å². The fourth-order valence-corrected chi connectivity index (χ4v) is 2.71. The lowest BCUT2D eigenvalue weighted by molar-refractivity contribution is -0.137. The first-order valence-electron chi connectivity index (χ1n) is 7.14. The third-order valence-electron chi connectivity index (χ3n) is 3.09. The highest BCUT2D eigenvalue weighted by molar-refractivity contribution is 8.02. The molecule has 24 heavy (non-hydrogen) atoms. The van der Waals surface area contributed by atoms with Crippen LogP contribution >= 0.6 is 11.8 Å². The molecular weight excluding hydrogens is 354 g/mol. The van der Waals surface area contributed by atoms with Crippen LogP contribution in [0.4, 0.5) is 26.3 Å². The fourth-order valence-electron chi connectivity index (χ4n) is 1.72. The monoisotopic (exact) mass is 370 g/mol. The van der Waals surface area contributed by atoms with Crippen molar-refractivity contribution in [2.45, 2.75) is 38.5 Å². The molecule has 0 aromatic heterocycles. The summed E-state index contributed by atoms with van der Waals surface area (Å²) in [6.45, 7) is 1.91. The molecule has 0 unspecified atom stereocenters. The molecule has 0 aliphatic rings. The van der Waals surface area contributed by atoms with Gasteiger partial charge in [0.25, 0.3) is 0 Å². The summed E-state index contributed by atoms with van der Waals surface area (Å²) >= 11 is 0.973. The molecule has 1 rings (SSSR count). The molecule has 0 bridgehead atoms. The first-order valence-corrected chi connectivity index (χ1v) is 8.19. The summed E-state index contributed by atoms with van der Waals surface area (Å²) in [4.78, 5) is 11.9. The molecule has 0 amide bonds. The van der Waals surface area contributed by atoms with Gasteiger partial charge in [0.1, 0.15) is 0 Å². The van der Waals surface area contributed by atoms with E-state index >= 15 is 0 Å². The van der Waals surface area contributed by atoms with Gasteiger partial charge in [-0.2, -0.15) is 26.3 Å². The second kappa shape index (κ2) is 8.60. The Hall–Kier alpha value is -1.44. The van der Waals surface area contributed by atoms with Gasteiger partial charge in [0.15, 0.2) is 5.78 Å². The quantitative estimate of drug-likeness (QED) is 0.320. The number of carbonyl (C=O) groups is 1. The van der Waals surface area contributed by atoms with E-state index in [1.807, 2.05) is 6.92 Å². The van der Waals surface area contributed by atoms with E-state index in [1.54, 1.807) is 0 Å². The van der Waals surface area contributed by atoms with Crippen LogP contribution in [0, 0.1) is 0 Å². The minimum Gasteiger partial charge on any atom is -0.294 e. The number of ketones is 1. The molecule has 0 fully saturated rings. The van der Waals surface area contributed by atoms with Crippen molar-refractivity contribution in [3.8, 4) is 0 Å². The molecule has 0 atom stereocenters. The van der Waals surface area contributed by atoms with Crippen LogP contribution in [0.1, 0.15) is 42.1 Å². The van der Waals surface area contributed by atoms with Crippen LogP contribution in [-0.4, -0.2) is 17.7 Å². The molecule has 0 saturated carbocycles. The molecule has 0 saturated heterocycles. The number of hydrogen-bond donors (Lipinski definition) is 0. The van der Waals surface area contributed by atoms with Crippen LogP contribution in [0.25, 0.3) is 0 Å². The van der Waals surface area contributed by atoms with E-state index in [-0.39, 0.29) is 5.56 Å². The lowest BCUT2D eigenvalue weighted by Crippen LogP contribution is -2.15. The number of rotatable bonds is 7. The molecule has 8 heteroatoms. The van der Waals surface area contributed by atoms with E-state index in [1.165, 1.54) is 0 Å². The summed E-state index contributed by atoms with van der Waals surface area (Å²) in [5.74, 6) is -0.367. The Balaban J connectivity index is 2.84. The summed E-state index contributed by atoms with van der Waals surface area (Å²) in [6, 6.07) is 3.15. The summed E-state index contributed by atoms with van der Waals surface area (Å²) < 4.78 is 76.2. The lowest BCUT2D eigenvalue weighted by Gasteiger charge is -2.12. The second-order valence-corrected chi connectivity index (χ2v) is 6.02. The van der Waals surface area contributed by atoms with Gasteiger partial charge in [-0.15, -0.1) is 11.8 Å². The number of benzene rings is 1. The zero-order valence-electron chi connectivity index (χ0n) is 12.8. The Kier molecular flexibility index (Phi) is 7.38. The average Bonchev–Trinajstić information content (AvgIpc) is 2.48. The van der Waals surface area contributed by atoms with Crippen LogP contribution < -0.4 is 0 Å². The molecule has 1 aromatic carbocycles.